The highest BCUT2D eigenvalue weighted by atomic mass is 16.3. The highest BCUT2D eigenvalue weighted by molar-refractivity contribution is 6.08. The van der Waals surface area contributed by atoms with Gasteiger partial charge in [0.15, 0.2) is 11.5 Å². The first kappa shape index (κ1) is 17.0. The van der Waals surface area contributed by atoms with Crippen LogP contribution in [-0.4, -0.2) is 58.2 Å². The first-order valence-corrected chi connectivity index (χ1v) is 7.33. The molecule has 0 spiro atoms. The van der Waals surface area contributed by atoms with E-state index in [0.29, 0.717) is 18.7 Å². The van der Waals surface area contributed by atoms with Gasteiger partial charge in [0.2, 0.25) is 0 Å². The average molecular weight is 320 g/mol. The second-order valence-corrected chi connectivity index (χ2v) is 5.29. The summed E-state index contributed by atoms with van der Waals surface area (Å²) in [6, 6.07) is 5.53. The maximum atomic E-state index is 12.3. The summed E-state index contributed by atoms with van der Waals surface area (Å²) in [5, 5.41) is 31.4. The number of carbonyl (C=O) groups excluding carboxylic acids is 2. The number of nitrogens with zero attached hydrogens (tertiary/aromatic N) is 1. The molecule has 1 aromatic carbocycles. The van der Waals surface area contributed by atoms with Crippen molar-refractivity contribution in [3.63, 3.8) is 0 Å². The number of nitrogens with one attached hydrogen (secondary N) is 1. The Morgan fingerprint density at radius 1 is 1.30 bits per heavy atom. The van der Waals surface area contributed by atoms with Gasteiger partial charge in [0.25, 0.3) is 5.91 Å². The van der Waals surface area contributed by atoms with Crippen LogP contribution in [0.3, 0.4) is 0 Å². The van der Waals surface area contributed by atoms with E-state index in [1.165, 1.54) is 24.0 Å². The highest BCUT2D eigenvalue weighted by Gasteiger charge is 2.42. The van der Waals surface area contributed by atoms with Crippen molar-refractivity contribution in [3.05, 3.63) is 41.2 Å². The number of hydrogen-bond donors (Lipinski definition) is 4. The zero-order valence-corrected chi connectivity index (χ0v) is 12.8. The number of rotatable bonds is 7. The zero-order valence-electron chi connectivity index (χ0n) is 12.8. The third kappa shape index (κ3) is 3.52. The van der Waals surface area contributed by atoms with Crippen LogP contribution in [0.1, 0.15) is 18.5 Å². The Bertz CT molecular complexity index is 641. The molecule has 1 amide bonds. The largest absolute Gasteiger partial charge is 0.508 e. The van der Waals surface area contributed by atoms with Gasteiger partial charge in [-0.1, -0.05) is 12.1 Å². The quantitative estimate of drug-likeness (QED) is 0.536. The molecule has 1 aliphatic heterocycles. The summed E-state index contributed by atoms with van der Waals surface area (Å²) in [6.07, 6.45) is 0. The molecule has 2 rings (SSSR count). The Kier molecular flexibility index (Phi) is 5.36. The minimum absolute atomic E-state index is 0.0163. The highest BCUT2D eigenvalue weighted by Crippen LogP contribution is 2.38. The number of Topliss-reactive ketones (excluding diaryl/α,β-unsaturated/α-hetero) is 1. The van der Waals surface area contributed by atoms with E-state index in [1.807, 2.05) is 0 Å². The van der Waals surface area contributed by atoms with Gasteiger partial charge in [-0.3, -0.25) is 9.59 Å². The molecule has 23 heavy (non-hydrogen) atoms. The van der Waals surface area contributed by atoms with E-state index in [4.69, 9.17) is 5.11 Å². The molecular formula is C16H20N2O5. The number of aliphatic hydroxyl groups excluding tert-OH is 2. The van der Waals surface area contributed by atoms with E-state index in [2.05, 4.69) is 5.32 Å². The Balaban J connectivity index is 2.33. The Morgan fingerprint density at radius 3 is 2.65 bits per heavy atom. The van der Waals surface area contributed by atoms with Crippen LogP contribution in [-0.2, 0) is 9.59 Å². The Morgan fingerprint density at radius 2 is 2.04 bits per heavy atom. The van der Waals surface area contributed by atoms with Gasteiger partial charge in [0.05, 0.1) is 18.2 Å². The molecule has 0 fully saturated rings. The molecule has 1 unspecified atom stereocenters. The molecule has 0 bridgehead atoms. The number of ketones is 1. The number of benzene rings is 1. The molecule has 4 N–H and O–H groups in total. The summed E-state index contributed by atoms with van der Waals surface area (Å²) in [4.78, 5) is 25.5. The third-order valence-electron chi connectivity index (χ3n) is 3.69. The maximum absolute atomic E-state index is 12.3. The van der Waals surface area contributed by atoms with E-state index in [-0.39, 0.29) is 24.5 Å². The predicted octanol–water partition coefficient (Wildman–Crippen LogP) is 0.259. The topological polar surface area (TPSA) is 110 Å². The van der Waals surface area contributed by atoms with Crippen LogP contribution in [0.25, 0.3) is 0 Å². The van der Waals surface area contributed by atoms with E-state index >= 15 is 0 Å². The molecule has 124 valence electrons. The smallest absolute Gasteiger partial charge is 0.290 e. The Hall–Kier alpha value is -2.38. The molecule has 1 aliphatic rings. The van der Waals surface area contributed by atoms with Crippen LogP contribution in [0.2, 0.25) is 0 Å². The number of aliphatic hydroxyl groups is 2. The summed E-state index contributed by atoms with van der Waals surface area (Å²) < 4.78 is 0. The maximum Gasteiger partial charge on any atom is 0.290 e. The van der Waals surface area contributed by atoms with Gasteiger partial charge in [0, 0.05) is 19.6 Å². The number of amides is 1. The lowest BCUT2D eigenvalue weighted by atomic mass is 9.96. The average Bonchev–Trinajstić information content (AvgIpc) is 2.76. The molecule has 1 atom stereocenters. The van der Waals surface area contributed by atoms with Gasteiger partial charge in [0.1, 0.15) is 5.75 Å². The van der Waals surface area contributed by atoms with Gasteiger partial charge in [-0.2, -0.15) is 0 Å². The molecule has 0 aliphatic carbocycles. The fraction of sp³-hybridized carbons (Fsp3) is 0.375. The van der Waals surface area contributed by atoms with Gasteiger partial charge in [-0.05, 0) is 24.6 Å². The van der Waals surface area contributed by atoms with Crippen molar-refractivity contribution in [3.8, 4) is 5.75 Å². The number of aromatic hydroxyl groups is 1. The first-order valence-electron chi connectivity index (χ1n) is 7.33. The lowest BCUT2D eigenvalue weighted by Crippen LogP contribution is -2.37. The second kappa shape index (κ2) is 7.26. The monoisotopic (exact) mass is 320 g/mol. The fourth-order valence-electron chi connectivity index (χ4n) is 2.69. The lowest BCUT2D eigenvalue weighted by Gasteiger charge is -2.26. The number of phenols is 1. The summed E-state index contributed by atoms with van der Waals surface area (Å²) >= 11 is 0. The van der Waals surface area contributed by atoms with Crippen molar-refractivity contribution in [2.24, 2.45) is 0 Å². The van der Waals surface area contributed by atoms with Gasteiger partial charge in [-0.15, -0.1) is 0 Å². The van der Waals surface area contributed by atoms with Crippen LogP contribution < -0.4 is 5.32 Å². The fourth-order valence-corrected chi connectivity index (χ4v) is 2.69. The van der Waals surface area contributed by atoms with Crippen LogP contribution in [0.4, 0.5) is 0 Å². The van der Waals surface area contributed by atoms with Crippen molar-refractivity contribution < 1.29 is 24.9 Å². The molecule has 1 heterocycles. The SMILES string of the molecule is CC(=O)C1=C(O)C(=O)N(CCNCCO)C1c1cccc(O)c1. The third-order valence-corrected chi connectivity index (χ3v) is 3.69. The predicted molar refractivity (Wildman–Crippen MR) is 82.9 cm³/mol. The molecule has 0 radical (unpaired) electrons. The van der Waals surface area contributed by atoms with Crippen LogP contribution >= 0.6 is 0 Å². The van der Waals surface area contributed by atoms with Crippen molar-refractivity contribution in [1.29, 1.82) is 0 Å². The molecule has 1 aromatic rings. The van der Waals surface area contributed by atoms with Crippen LogP contribution in [0, 0.1) is 0 Å². The van der Waals surface area contributed by atoms with Gasteiger partial charge >= 0.3 is 0 Å². The van der Waals surface area contributed by atoms with E-state index in [1.54, 1.807) is 12.1 Å². The van der Waals surface area contributed by atoms with E-state index in [9.17, 15) is 19.8 Å². The number of carbonyl (C=O) groups is 2. The van der Waals surface area contributed by atoms with Crippen molar-refractivity contribution in [1.82, 2.24) is 10.2 Å². The van der Waals surface area contributed by atoms with Gasteiger partial charge in [-0.25, -0.2) is 0 Å². The van der Waals surface area contributed by atoms with Crippen LogP contribution in [0.5, 0.6) is 5.75 Å². The zero-order chi connectivity index (χ0) is 17.0. The summed E-state index contributed by atoms with van der Waals surface area (Å²) in [5.41, 5.74) is 0.581. The number of phenolic OH excluding ortho intramolecular Hbond substituents is 1. The van der Waals surface area contributed by atoms with E-state index < -0.39 is 23.5 Å². The molecule has 7 nitrogen and oxygen atoms in total. The minimum Gasteiger partial charge on any atom is -0.508 e. The summed E-state index contributed by atoms with van der Waals surface area (Å²) in [7, 11) is 0. The van der Waals surface area contributed by atoms with Crippen molar-refractivity contribution >= 4 is 11.7 Å². The minimum atomic E-state index is -0.733. The van der Waals surface area contributed by atoms with E-state index in [0.717, 1.165) is 0 Å². The summed E-state index contributed by atoms with van der Waals surface area (Å²) in [5.74, 6) is -1.54. The van der Waals surface area contributed by atoms with Gasteiger partial charge < -0.3 is 25.5 Å². The Labute approximate surface area is 133 Å². The second-order valence-electron chi connectivity index (χ2n) is 5.29. The first-order chi connectivity index (χ1) is 11.0. The van der Waals surface area contributed by atoms with Crippen molar-refractivity contribution in [2.75, 3.05) is 26.2 Å². The van der Waals surface area contributed by atoms with Crippen LogP contribution in [0.15, 0.2) is 35.6 Å². The molecule has 7 heteroatoms. The standard InChI is InChI=1S/C16H20N2O5/c1-10(20)13-14(11-3-2-4-12(21)9-11)18(16(23)15(13)22)7-5-17-6-8-19/h2-4,9,14,17,19,21-22H,5-8H2,1H3. The van der Waals surface area contributed by atoms with Crippen molar-refractivity contribution in [2.45, 2.75) is 13.0 Å². The molecule has 0 saturated heterocycles. The lowest BCUT2D eigenvalue weighted by molar-refractivity contribution is -0.129. The number of hydrogen-bond acceptors (Lipinski definition) is 6. The normalized spacial score (nSPS) is 17.9. The molecule has 0 saturated carbocycles. The molecular weight excluding hydrogens is 300 g/mol. The summed E-state index contributed by atoms with van der Waals surface area (Å²) in [6.45, 7) is 2.31. The molecule has 0 aromatic heterocycles.